The van der Waals surface area contributed by atoms with Crippen molar-refractivity contribution >= 4 is 24.6 Å². The Bertz CT molecular complexity index is 1180. The fourth-order valence-electron chi connectivity index (χ4n) is 5.51. The van der Waals surface area contributed by atoms with Crippen LogP contribution in [0.15, 0.2) is 84.9 Å². The van der Waals surface area contributed by atoms with Gasteiger partial charge in [-0.3, -0.25) is 4.79 Å². The molecule has 208 valence electrons. The normalized spacial score (nSPS) is 21.9. The van der Waals surface area contributed by atoms with Crippen molar-refractivity contribution in [1.82, 2.24) is 4.90 Å². The third-order valence-electron chi connectivity index (χ3n) is 7.51. The molecule has 1 aliphatic heterocycles. The van der Waals surface area contributed by atoms with E-state index in [-0.39, 0.29) is 24.1 Å². The average Bonchev–Trinajstić information content (AvgIpc) is 2.93. The molecule has 0 aliphatic carbocycles. The van der Waals surface area contributed by atoms with E-state index in [1.807, 2.05) is 36.4 Å². The van der Waals surface area contributed by atoms with E-state index < -0.39 is 32.7 Å². The van der Waals surface area contributed by atoms with E-state index in [9.17, 15) is 15.0 Å². The molecule has 1 saturated heterocycles. The molecule has 2 N–H and O–H groups in total. The van der Waals surface area contributed by atoms with Gasteiger partial charge in [-0.25, -0.2) is 0 Å². The summed E-state index contributed by atoms with van der Waals surface area (Å²) >= 11 is 0. The summed E-state index contributed by atoms with van der Waals surface area (Å²) in [5.41, 5.74) is 0. The van der Waals surface area contributed by atoms with Gasteiger partial charge in [-0.05, 0) is 39.7 Å². The van der Waals surface area contributed by atoms with Gasteiger partial charge in [-0.15, -0.1) is 0 Å². The van der Waals surface area contributed by atoms with Gasteiger partial charge in [0.2, 0.25) is 5.91 Å². The minimum absolute atomic E-state index is 0.00620. The lowest BCUT2D eigenvalue weighted by Crippen LogP contribution is -2.73. The van der Waals surface area contributed by atoms with E-state index >= 15 is 0 Å². The number of aliphatic hydroxyl groups excluding tert-OH is 2. The van der Waals surface area contributed by atoms with Gasteiger partial charge >= 0.3 is 0 Å². The van der Waals surface area contributed by atoms with Crippen molar-refractivity contribution in [2.24, 2.45) is 0 Å². The summed E-state index contributed by atoms with van der Waals surface area (Å²) in [5.74, 6) is 1.08. The van der Waals surface area contributed by atoms with Crippen LogP contribution in [0, 0.1) is 0 Å². The lowest BCUT2D eigenvalue weighted by Gasteiger charge is -2.51. The monoisotopic (exact) mass is 549 g/mol. The van der Waals surface area contributed by atoms with E-state index in [2.05, 4.69) is 45.0 Å². The van der Waals surface area contributed by atoms with E-state index in [1.54, 1.807) is 36.3 Å². The molecular formula is C31H39NO6Si. The zero-order chi connectivity index (χ0) is 28.2. The molecule has 8 heteroatoms. The van der Waals surface area contributed by atoms with Crippen LogP contribution in [0.1, 0.15) is 27.7 Å². The number of methoxy groups -OCH3 is 1. The quantitative estimate of drug-likeness (QED) is 0.420. The maximum atomic E-state index is 12.8. The molecule has 0 bridgehead atoms. The lowest BCUT2D eigenvalue weighted by atomic mass is 9.94. The molecule has 3 aromatic rings. The lowest BCUT2D eigenvalue weighted by molar-refractivity contribution is -0.160. The number of carbonyl (C=O) groups excluding carboxylic acids is 1. The van der Waals surface area contributed by atoms with Gasteiger partial charge in [-0.2, -0.15) is 0 Å². The number of aliphatic hydroxyl groups is 2. The van der Waals surface area contributed by atoms with Crippen molar-refractivity contribution in [3.05, 3.63) is 84.9 Å². The average molecular weight is 550 g/mol. The number of piperidine rings is 1. The summed E-state index contributed by atoms with van der Waals surface area (Å²) in [7, 11) is -1.52. The molecule has 0 spiro atoms. The van der Waals surface area contributed by atoms with Crippen molar-refractivity contribution in [2.45, 2.75) is 57.1 Å². The highest BCUT2D eigenvalue weighted by Crippen LogP contribution is 2.39. The Balaban J connectivity index is 1.80. The highest BCUT2D eigenvalue weighted by Gasteiger charge is 2.55. The number of nitrogens with zero attached hydrogens (tertiary/aromatic N) is 1. The highest BCUT2D eigenvalue weighted by molar-refractivity contribution is 6.99. The van der Waals surface area contributed by atoms with Crippen molar-refractivity contribution in [3.8, 4) is 11.5 Å². The van der Waals surface area contributed by atoms with Crippen molar-refractivity contribution in [3.63, 3.8) is 0 Å². The fourth-order valence-corrected chi connectivity index (χ4v) is 10.2. The van der Waals surface area contributed by atoms with Gasteiger partial charge < -0.3 is 29.0 Å². The Kier molecular flexibility index (Phi) is 8.81. The summed E-state index contributed by atoms with van der Waals surface area (Å²) < 4.78 is 18.6. The number of carbonyl (C=O) groups is 1. The Morgan fingerprint density at radius 1 is 0.897 bits per heavy atom. The molecule has 7 nitrogen and oxygen atoms in total. The molecular weight excluding hydrogens is 510 g/mol. The SMILES string of the molecule is COc1ccc(OC[C@@H]2[C@@H](O[Si](c3ccccc3)(c3ccccc3)C(C)(C)C)[C@@H](O)[C@@H](O)CN2C(C)=O)cc1. The number of benzene rings is 3. The number of hydrogen-bond donors (Lipinski definition) is 2. The molecule has 0 aromatic heterocycles. The number of amides is 1. The van der Waals surface area contributed by atoms with Gasteiger partial charge in [0.25, 0.3) is 8.32 Å². The molecule has 0 saturated carbocycles. The molecule has 4 atom stereocenters. The third kappa shape index (κ3) is 5.89. The van der Waals surface area contributed by atoms with Gasteiger partial charge in [-0.1, -0.05) is 81.4 Å². The van der Waals surface area contributed by atoms with Crippen LogP contribution in [-0.4, -0.2) is 74.0 Å². The van der Waals surface area contributed by atoms with E-state index in [4.69, 9.17) is 13.9 Å². The molecule has 0 unspecified atom stereocenters. The van der Waals surface area contributed by atoms with E-state index in [1.165, 1.54) is 6.92 Å². The standard InChI is InChI=1S/C31H39NO6Si/c1-22(33)32-20-28(34)29(35)30(27(32)21-37-24-18-16-23(36-5)17-19-24)38-39(31(2,3)4,25-12-8-6-9-13-25)26-14-10-7-11-15-26/h6-19,27-30,34-35H,20-21H2,1-5H3/t27-,28+,29+,30-/m1/s1. The van der Waals surface area contributed by atoms with Crippen LogP contribution in [0.4, 0.5) is 0 Å². The number of likely N-dealkylation sites (tertiary alicyclic amines) is 1. The van der Waals surface area contributed by atoms with Crippen LogP contribution in [0.2, 0.25) is 5.04 Å². The highest BCUT2D eigenvalue weighted by atomic mass is 28.4. The first-order chi connectivity index (χ1) is 18.6. The van der Waals surface area contributed by atoms with Crippen LogP contribution in [0.3, 0.4) is 0 Å². The summed E-state index contributed by atoms with van der Waals surface area (Å²) in [6.07, 6.45) is -3.27. The van der Waals surface area contributed by atoms with Gasteiger partial charge in [0, 0.05) is 13.5 Å². The van der Waals surface area contributed by atoms with E-state index in [0.717, 1.165) is 10.4 Å². The maximum absolute atomic E-state index is 12.8. The Morgan fingerprint density at radius 3 is 1.87 bits per heavy atom. The van der Waals surface area contributed by atoms with Crippen LogP contribution in [0.5, 0.6) is 11.5 Å². The van der Waals surface area contributed by atoms with E-state index in [0.29, 0.717) is 11.5 Å². The zero-order valence-electron chi connectivity index (χ0n) is 23.3. The predicted octanol–water partition coefficient (Wildman–Crippen LogP) is 2.97. The number of ether oxygens (including phenoxy) is 2. The summed E-state index contributed by atoms with van der Waals surface area (Å²) in [6.45, 7) is 7.99. The summed E-state index contributed by atoms with van der Waals surface area (Å²) in [6, 6.07) is 26.8. The Labute approximate surface area is 232 Å². The largest absolute Gasteiger partial charge is 0.497 e. The number of hydrogen-bond acceptors (Lipinski definition) is 6. The van der Waals surface area contributed by atoms with Crippen molar-refractivity contribution < 1.29 is 28.9 Å². The van der Waals surface area contributed by atoms with Crippen LogP contribution >= 0.6 is 0 Å². The summed E-state index contributed by atoms with van der Waals surface area (Å²) in [5, 5.41) is 24.1. The van der Waals surface area contributed by atoms with Crippen LogP contribution in [-0.2, 0) is 9.22 Å². The second-order valence-corrected chi connectivity index (χ2v) is 15.3. The molecule has 39 heavy (non-hydrogen) atoms. The zero-order valence-corrected chi connectivity index (χ0v) is 24.3. The van der Waals surface area contributed by atoms with Crippen LogP contribution < -0.4 is 19.8 Å². The molecule has 1 amide bonds. The fraction of sp³-hybridized carbons (Fsp3) is 0.387. The maximum Gasteiger partial charge on any atom is 0.261 e. The molecule has 3 aromatic carbocycles. The van der Waals surface area contributed by atoms with Crippen LogP contribution in [0.25, 0.3) is 0 Å². The minimum Gasteiger partial charge on any atom is -0.497 e. The Hall–Kier alpha value is -3.17. The summed E-state index contributed by atoms with van der Waals surface area (Å²) in [4.78, 5) is 14.4. The van der Waals surface area contributed by atoms with Crippen molar-refractivity contribution in [1.29, 1.82) is 0 Å². The molecule has 1 heterocycles. The second kappa shape index (κ2) is 11.9. The molecule has 1 fully saturated rings. The van der Waals surface area contributed by atoms with Crippen molar-refractivity contribution in [2.75, 3.05) is 20.3 Å². The Morgan fingerprint density at radius 2 is 1.41 bits per heavy atom. The first-order valence-corrected chi connectivity index (χ1v) is 15.2. The van der Waals surface area contributed by atoms with Gasteiger partial charge in [0.15, 0.2) is 0 Å². The first-order valence-electron chi connectivity index (χ1n) is 13.3. The first kappa shape index (κ1) is 28.8. The second-order valence-electron chi connectivity index (χ2n) is 11.0. The minimum atomic E-state index is -3.12. The van der Waals surface area contributed by atoms with Gasteiger partial charge in [0.1, 0.15) is 30.3 Å². The smallest absolute Gasteiger partial charge is 0.261 e. The molecule has 4 rings (SSSR count). The third-order valence-corrected chi connectivity index (χ3v) is 12.5. The molecule has 1 aliphatic rings. The topological polar surface area (TPSA) is 88.5 Å². The molecule has 0 radical (unpaired) electrons. The van der Waals surface area contributed by atoms with Gasteiger partial charge in [0.05, 0.1) is 19.3 Å². The number of β-amino-alcohol motifs (C(OH)–C–C–N with tert-alkyl or cyclic N) is 1. The number of rotatable bonds is 8. The predicted molar refractivity (Wildman–Crippen MR) is 154 cm³/mol.